The first-order valence-electron chi connectivity index (χ1n) is 6.57. The Balaban J connectivity index is 2.24. The summed E-state index contributed by atoms with van der Waals surface area (Å²) in [6.45, 7) is 0. The molecule has 2 heteroatoms. The molecule has 0 unspecified atom stereocenters. The topological polar surface area (TPSA) is 0 Å². The van der Waals surface area contributed by atoms with Crippen molar-refractivity contribution in [2.75, 3.05) is 0 Å². The second-order valence-electron chi connectivity index (χ2n) is 4.60. The van der Waals surface area contributed by atoms with Crippen LogP contribution in [0.5, 0.6) is 0 Å². The van der Waals surface area contributed by atoms with Crippen LogP contribution < -0.4 is 13.1 Å². The molecule has 0 fully saturated rings. The molecular formula is C18H15AsBr. The summed E-state index contributed by atoms with van der Waals surface area (Å²) in [4.78, 5) is 0. The van der Waals surface area contributed by atoms with Gasteiger partial charge in [0.25, 0.3) is 0 Å². The summed E-state index contributed by atoms with van der Waals surface area (Å²) < 4.78 is 4.22. The van der Waals surface area contributed by atoms with Crippen molar-refractivity contribution in [1.82, 2.24) is 0 Å². The van der Waals surface area contributed by atoms with Crippen molar-refractivity contribution in [2.24, 2.45) is 0 Å². The van der Waals surface area contributed by atoms with Crippen LogP contribution in [0.15, 0.2) is 91.0 Å². The Bertz CT molecular complexity index is 569. The van der Waals surface area contributed by atoms with Gasteiger partial charge in [-0.1, -0.05) is 0 Å². The van der Waals surface area contributed by atoms with Crippen molar-refractivity contribution in [2.45, 2.75) is 0 Å². The van der Waals surface area contributed by atoms with E-state index >= 15 is 0 Å². The number of hydrogen-bond donors (Lipinski definition) is 0. The molecule has 0 aliphatic rings. The van der Waals surface area contributed by atoms with Crippen molar-refractivity contribution in [3.8, 4) is 0 Å². The number of hydrogen-bond acceptors (Lipinski definition) is 0. The van der Waals surface area contributed by atoms with Crippen LogP contribution in [-0.2, 0) is 0 Å². The van der Waals surface area contributed by atoms with Gasteiger partial charge in [0.15, 0.2) is 0 Å². The maximum absolute atomic E-state index is 4.18. The van der Waals surface area contributed by atoms with Gasteiger partial charge < -0.3 is 0 Å². The maximum atomic E-state index is 4.18. The van der Waals surface area contributed by atoms with Crippen LogP contribution in [0.4, 0.5) is 0 Å². The third-order valence-corrected chi connectivity index (χ3v) is 16.1. The molecule has 3 rings (SSSR count). The zero-order chi connectivity index (χ0) is 13.8. The van der Waals surface area contributed by atoms with Gasteiger partial charge in [-0.05, 0) is 0 Å². The molecule has 0 aliphatic heterocycles. The summed E-state index contributed by atoms with van der Waals surface area (Å²) >= 11 is 1.70. The fourth-order valence-electron chi connectivity index (χ4n) is 2.35. The van der Waals surface area contributed by atoms with E-state index < -0.39 is 11.7 Å². The van der Waals surface area contributed by atoms with Gasteiger partial charge >= 0.3 is 130 Å². The molecule has 0 aliphatic carbocycles. The summed E-state index contributed by atoms with van der Waals surface area (Å²) in [5.41, 5.74) is 0. The molecule has 0 bridgehead atoms. The van der Waals surface area contributed by atoms with Gasteiger partial charge in [-0.25, -0.2) is 0 Å². The molecule has 0 nitrogen and oxygen atoms in total. The van der Waals surface area contributed by atoms with E-state index in [4.69, 9.17) is 0 Å². The summed E-state index contributed by atoms with van der Waals surface area (Å²) in [5, 5.41) is 0. The zero-order valence-corrected chi connectivity index (χ0v) is 14.4. The predicted molar refractivity (Wildman–Crippen MR) is 92.9 cm³/mol. The van der Waals surface area contributed by atoms with Crippen molar-refractivity contribution in [3.05, 3.63) is 91.0 Å². The Morgan fingerprint density at radius 1 is 0.450 bits per heavy atom. The average molecular weight is 386 g/mol. The van der Waals surface area contributed by atoms with Gasteiger partial charge in [0, 0.05) is 0 Å². The molecular weight excluding hydrogens is 371 g/mol. The molecule has 0 heterocycles. The molecule has 0 aromatic heterocycles. The fourth-order valence-corrected chi connectivity index (χ4v) is 11.6. The Kier molecular flexibility index (Phi) is 4.10. The van der Waals surface area contributed by atoms with Gasteiger partial charge in [0.1, 0.15) is 0 Å². The van der Waals surface area contributed by atoms with Gasteiger partial charge in [0.05, 0.1) is 0 Å². The SMILES string of the molecule is Br[As](c1ccccc1)(c1ccccc1)c1ccccc1. The summed E-state index contributed by atoms with van der Waals surface area (Å²) in [6.07, 6.45) is 0. The van der Waals surface area contributed by atoms with Crippen molar-refractivity contribution in [1.29, 1.82) is 0 Å². The molecule has 0 saturated heterocycles. The van der Waals surface area contributed by atoms with E-state index in [0.717, 1.165) is 0 Å². The molecule has 20 heavy (non-hydrogen) atoms. The van der Waals surface area contributed by atoms with E-state index in [2.05, 4.69) is 105 Å². The van der Waals surface area contributed by atoms with Crippen molar-refractivity contribution < 1.29 is 0 Å². The third kappa shape index (κ3) is 2.48. The summed E-state index contributed by atoms with van der Waals surface area (Å²) in [6, 6.07) is 32.4. The molecule has 3 aromatic rings. The Morgan fingerprint density at radius 3 is 0.950 bits per heavy atom. The first kappa shape index (κ1) is 13.7. The minimum atomic E-state index is -2.48. The first-order valence-corrected chi connectivity index (χ1v) is 13.8. The fraction of sp³-hybridized carbons (Fsp3) is 0. The minimum absolute atomic E-state index is 1.41. The molecule has 1 radical (unpaired) electrons. The van der Waals surface area contributed by atoms with Crippen LogP contribution >= 0.6 is 13.9 Å². The monoisotopic (exact) mass is 385 g/mol. The van der Waals surface area contributed by atoms with E-state index in [9.17, 15) is 0 Å². The van der Waals surface area contributed by atoms with Gasteiger partial charge in [-0.2, -0.15) is 0 Å². The number of halogens is 1. The first-order chi connectivity index (χ1) is 9.82. The molecule has 0 amide bonds. The second kappa shape index (κ2) is 5.99. The van der Waals surface area contributed by atoms with Crippen molar-refractivity contribution in [3.63, 3.8) is 0 Å². The standard InChI is InChI=1S/C18H15AsBr/c20-19(16-10-4-1-5-11-16,17-12-6-2-7-13-17)18-14-8-3-9-15-18/h1-15H. The predicted octanol–water partition coefficient (Wildman–Crippen LogP) is 3.05. The molecule has 0 N–H and O–H groups in total. The van der Waals surface area contributed by atoms with E-state index in [-0.39, 0.29) is 0 Å². The van der Waals surface area contributed by atoms with E-state index in [0.29, 0.717) is 0 Å². The molecule has 0 atom stereocenters. The van der Waals surface area contributed by atoms with Crippen molar-refractivity contribution >= 4 is 38.7 Å². The van der Waals surface area contributed by atoms with Crippen LogP contribution in [0.1, 0.15) is 0 Å². The Morgan fingerprint density at radius 2 is 0.700 bits per heavy atom. The average Bonchev–Trinajstić information content (AvgIpc) is 2.56. The van der Waals surface area contributed by atoms with Crippen LogP contribution in [0.2, 0.25) is 0 Å². The molecule has 3 aromatic carbocycles. The van der Waals surface area contributed by atoms with E-state index in [1.165, 1.54) is 13.1 Å². The second-order valence-corrected chi connectivity index (χ2v) is 15.8. The quantitative estimate of drug-likeness (QED) is 0.608. The summed E-state index contributed by atoms with van der Waals surface area (Å²) in [5.74, 6) is 0. The van der Waals surface area contributed by atoms with Crippen LogP contribution in [0.3, 0.4) is 0 Å². The number of benzene rings is 3. The normalized spacial score (nSPS) is 11.2. The molecule has 99 valence electrons. The van der Waals surface area contributed by atoms with Gasteiger partial charge in [-0.15, -0.1) is 0 Å². The van der Waals surface area contributed by atoms with E-state index in [1.54, 1.807) is 0 Å². The van der Waals surface area contributed by atoms with Gasteiger partial charge in [-0.3, -0.25) is 0 Å². The zero-order valence-electron chi connectivity index (χ0n) is 11.0. The third-order valence-electron chi connectivity index (χ3n) is 3.34. The summed E-state index contributed by atoms with van der Waals surface area (Å²) in [7, 11) is 0. The van der Waals surface area contributed by atoms with Crippen LogP contribution in [0, 0.1) is 0 Å². The Labute approximate surface area is 129 Å². The molecule has 0 spiro atoms. The Hall–Kier alpha value is -1.30. The van der Waals surface area contributed by atoms with E-state index in [1.807, 2.05) is 0 Å². The number of rotatable bonds is 3. The van der Waals surface area contributed by atoms with Crippen LogP contribution in [-0.4, -0.2) is 11.7 Å². The molecule has 0 saturated carbocycles. The van der Waals surface area contributed by atoms with Gasteiger partial charge in [0.2, 0.25) is 0 Å². The van der Waals surface area contributed by atoms with Crippen LogP contribution in [0.25, 0.3) is 0 Å².